The van der Waals surface area contributed by atoms with E-state index in [0.29, 0.717) is 24.5 Å². The molecule has 1 rings (SSSR count). The zero-order chi connectivity index (χ0) is 12.9. The molecule has 0 spiro atoms. The van der Waals surface area contributed by atoms with Gasteiger partial charge in [-0.05, 0) is 24.1 Å². The first-order valence-electron chi connectivity index (χ1n) is 5.85. The van der Waals surface area contributed by atoms with Gasteiger partial charge in [-0.3, -0.25) is 0 Å². The molecule has 0 saturated carbocycles. The number of nitrogens with zero attached hydrogens (tertiary/aromatic N) is 1. The van der Waals surface area contributed by atoms with E-state index in [0.717, 1.165) is 12.0 Å². The van der Waals surface area contributed by atoms with Gasteiger partial charge in [0.05, 0.1) is 4.90 Å². The van der Waals surface area contributed by atoms with Crippen LogP contribution in [0.4, 0.5) is 0 Å². The Morgan fingerprint density at radius 2 is 1.76 bits per heavy atom. The summed E-state index contributed by atoms with van der Waals surface area (Å²) in [4.78, 5) is 0.338. The number of rotatable bonds is 6. The van der Waals surface area contributed by atoms with Crippen LogP contribution >= 0.6 is 0 Å². The quantitative estimate of drug-likeness (QED) is 0.832. The molecule has 1 aromatic rings. The van der Waals surface area contributed by atoms with Crippen molar-refractivity contribution >= 4 is 10.0 Å². The van der Waals surface area contributed by atoms with Gasteiger partial charge in [0, 0.05) is 19.6 Å². The van der Waals surface area contributed by atoms with E-state index in [4.69, 9.17) is 5.73 Å². The van der Waals surface area contributed by atoms with E-state index in [2.05, 4.69) is 0 Å². The fourth-order valence-electron chi connectivity index (χ4n) is 1.64. The Bertz CT molecular complexity index is 440. The maximum atomic E-state index is 12.2. The lowest BCUT2D eigenvalue weighted by Crippen LogP contribution is -2.35. The molecule has 0 fully saturated rings. The summed E-state index contributed by atoms with van der Waals surface area (Å²) >= 11 is 0. The lowest BCUT2D eigenvalue weighted by atomic mass is 10.2. The zero-order valence-electron chi connectivity index (χ0n) is 10.4. The van der Waals surface area contributed by atoms with Crippen LogP contribution in [-0.4, -0.2) is 32.4 Å². The predicted octanol–water partition coefficient (Wildman–Crippen LogP) is 1.22. The molecule has 4 nitrogen and oxygen atoms in total. The third kappa shape index (κ3) is 3.28. The van der Waals surface area contributed by atoms with Crippen molar-refractivity contribution in [2.45, 2.75) is 25.2 Å². The van der Waals surface area contributed by atoms with Crippen LogP contribution in [0.1, 0.15) is 19.4 Å². The molecule has 0 amide bonds. The van der Waals surface area contributed by atoms with Crippen molar-refractivity contribution in [3.8, 4) is 0 Å². The Hall–Kier alpha value is -0.910. The van der Waals surface area contributed by atoms with Crippen LogP contribution in [0, 0.1) is 0 Å². The average molecular weight is 256 g/mol. The summed E-state index contributed by atoms with van der Waals surface area (Å²) < 4.78 is 25.8. The molecular weight excluding hydrogens is 236 g/mol. The average Bonchev–Trinajstić information content (AvgIpc) is 2.35. The number of aryl methyl sites for hydroxylation is 1. The van der Waals surface area contributed by atoms with Crippen molar-refractivity contribution in [3.63, 3.8) is 0 Å². The van der Waals surface area contributed by atoms with Gasteiger partial charge in [0.2, 0.25) is 10.0 Å². The van der Waals surface area contributed by atoms with Crippen molar-refractivity contribution in [1.82, 2.24) is 4.31 Å². The van der Waals surface area contributed by atoms with Crippen LogP contribution in [0.5, 0.6) is 0 Å². The lowest BCUT2D eigenvalue weighted by molar-refractivity contribution is 0.435. The summed E-state index contributed by atoms with van der Waals surface area (Å²) in [7, 11) is -3.38. The fourth-order valence-corrected chi connectivity index (χ4v) is 3.10. The van der Waals surface area contributed by atoms with Gasteiger partial charge in [-0.2, -0.15) is 4.31 Å². The molecule has 96 valence electrons. The fraction of sp³-hybridized carbons (Fsp3) is 0.500. The minimum absolute atomic E-state index is 0.333. The van der Waals surface area contributed by atoms with Crippen molar-refractivity contribution < 1.29 is 8.42 Å². The van der Waals surface area contributed by atoms with Crippen LogP contribution in [0.2, 0.25) is 0 Å². The van der Waals surface area contributed by atoms with E-state index < -0.39 is 10.0 Å². The number of nitrogens with two attached hydrogens (primary N) is 1. The molecule has 0 aliphatic heterocycles. The predicted molar refractivity (Wildman–Crippen MR) is 69.3 cm³/mol. The summed E-state index contributed by atoms with van der Waals surface area (Å²) in [6.45, 7) is 4.98. The van der Waals surface area contributed by atoms with Gasteiger partial charge in [-0.25, -0.2) is 8.42 Å². The van der Waals surface area contributed by atoms with E-state index in [9.17, 15) is 8.42 Å². The summed E-state index contributed by atoms with van der Waals surface area (Å²) in [6.07, 6.45) is 0.903. The molecule has 0 aliphatic carbocycles. The Kier molecular flexibility index (Phi) is 5.11. The Labute approximate surface area is 103 Å². The van der Waals surface area contributed by atoms with Gasteiger partial charge in [0.15, 0.2) is 0 Å². The zero-order valence-corrected chi connectivity index (χ0v) is 11.2. The first-order valence-corrected chi connectivity index (χ1v) is 7.29. The van der Waals surface area contributed by atoms with Crippen molar-refractivity contribution in [2.75, 3.05) is 19.6 Å². The van der Waals surface area contributed by atoms with E-state index in [1.807, 2.05) is 26.0 Å². The topological polar surface area (TPSA) is 63.4 Å². The Balaban J connectivity index is 3.02. The molecule has 17 heavy (non-hydrogen) atoms. The lowest BCUT2D eigenvalue weighted by Gasteiger charge is -2.19. The molecule has 0 saturated heterocycles. The second-order valence-electron chi connectivity index (χ2n) is 3.78. The first kappa shape index (κ1) is 14.2. The van der Waals surface area contributed by atoms with Crippen LogP contribution in [0.15, 0.2) is 29.2 Å². The van der Waals surface area contributed by atoms with E-state index in [1.54, 1.807) is 12.1 Å². The number of sulfonamides is 1. The number of hydrogen-bond acceptors (Lipinski definition) is 3. The first-order chi connectivity index (χ1) is 8.06. The van der Waals surface area contributed by atoms with Crippen LogP contribution in [0.3, 0.4) is 0 Å². The van der Waals surface area contributed by atoms with Gasteiger partial charge >= 0.3 is 0 Å². The Morgan fingerprint density at radius 1 is 1.18 bits per heavy atom. The SMILES string of the molecule is CCc1ccc(S(=O)(=O)N(CC)CCN)cc1. The van der Waals surface area contributed by atoms with E-state index in [1.165, 1.54) is 4.31 Å². The Morgan fingerprint density at radius 3 is 2.18 bits per heavy atom. The number of hydrogen-bond donors (Lipinski definition) is 1. The van der Waals surface area contributed by atoms with Crippen molar-refractivity contribution in [2.24, 2.45) is 5.73 Å². The molecule has 1 aromatic carbocycles. The minimum Gasteiger partial charge on any atom is -0.329 e. The van der Waals surface area contributed by atoms with Gasteiger partial charge in [-0.1, -0.05) is 26.0 Å². The molecule has 0 aromatic heterocycles. The normalized spacial score (nSPS) is 12.0. The maximum absolute atomic E-state index is 12.2. The summed E-state index contributed by atoms with van der Waals surface area (Å²) in [6, 6.07) is 7.02. The highest BCUT2D eigenvalue weighted by molar-refractivity contribution is 7.89. The minimum atomic E-state index is -3.38. The molecule has 0 radical (unpaired) electrons. The molecule has 0 unspecified atom stereocenters. The summed E-state index contributed by atoms with van der Waals surface area (Å²) in [5.74, 6) is 0. The highest BCUT2D eigenvalue weighted by Crippen LogP contribution is 2.16. The second-order valence-corrected chi connectivity index (χ2v) is 5.72. The van der Waals surface area contributed by atoms with Crippen molar-refractivity contribution in [1.29, 1.82) is 0 Å². The highest BCUT2D eigenvalue weighted by atomic mass is 32.2. The molecular formula is C12H20N2O2S. The van der Waals surface area contributed by atoms with Crippen LogP contribution in [0.25, 0.3) is 0 Å². The second kappa shape index (κ2) is 6.14. The largest absolute Gasteiger partial charge is 0.329 e. The molecule has 0 atom stereocenters. The molecule has 5 heteroatoms. The third-order valence-electron chi connectivity index (χ3n) is 2.70. The van der Waals surface area contributed by atoms with Gasteiger partial charge < -0.3 is 5.73 Å². The van der Waals surface area contributed by atoms with Crippen molar-refractivity contribution in [3.05, 3.63) is 29.8 Å². The molecule has 0 bridgehead atoms. The van der Waals surface area contributed by atoms with Crippen LogP contribution < -0.4 is 5.73 Å². The molecule has 0 aliphatic rings. The number of benzene rings is 1. The smallest absolute Gasteiger partial charge is 0.243 e. The summed E-state index contributed by atoms with van der Waals surface area (Å²) in [5, 5.41) is 0. The van der Waals surface area contributed by atoms with E-state index >= 15 is 0 Å². The maximum Gasteiger partial charge on any atom is 0.243 e. The number of likely N-dealkylation sites (N-methyl/N-ethyl adjacent to an activating group) is 1. The third-order valence-corrected chi connectivity index (χ3v) is 4.69. The van der Waals surface area contributed by atoms with E-state index in [-0.39, 0.29) is 0 Å². The molecule has 2 N–H and O–H groups in total. The molecule has 0 heterocycles. The standard InChI is InChI=1S/C12H20N2O2S/c1-3-11-5-7-12(8-6-11)17(15,16)14(4-2)10-9-13/h5-8H,3-4,9-10,13H2,1-2H3. The van der Waals surface area contributed by atoms with Gasteiger partial charge in [0.25, 0.3) is 0 Å². The summed E-state index contributed by atoms with van der Waals surface area (Å²) in [5.41, 5.74) is 6.55. The van der Waals surface area contributed by atoms with Gasteiger partial charge in [0.1, 0.15) is 0 Å². The monoisotopic (exact) mass is 256 g/mol. The van der Waals surface area contributed by atoms with Crippen LogP contribution in [-0.2, 0) is 16.4 Å². The highest BCUT2D eigenvalue weighted by Gasteiger charge is 2.21. The van der Waals surface area contributed by atoms with Gasteiger partial charge in [-0.15, -0.1) is 0 Å².